The van der Waals surface area contributed by atoms with Crippen molar-refractivity contribution in [2.45, 2.75) is 26.4 Å². The maximum atomic E-state index is 11.7. The zero-order chi connectivity index (χ0) is 13.2. The Bertz CT molecular complexity index is 403. The van der Waals surface area contributed by atoms with E-state index in [9.17, 15) is 14.7 Å². The molecule has 1 heterocycles. The number of carboxylic acid groups (broad SMARTS) is 1. The fourth-order valence-electron chi connectivity index (χ4n) is 1.23. The average molecular weight is 241 g/mol. The quantitative estimate of drug-likeness (QED) is 0.728. The van der Waals surface area contributed by atoms with Crippen molar-refractivity contribution in [2.24, 2.45) is 0 Å². The van der Waals surface area contributed by atoms with Gasteiger partial charge in [0, 0.05) is 0 Å². The molecule has 6 heteroatoms. The number of nitrogens with zero attached hydrogens (tertiary/aromatic N) is 1. The zero-order valence-corrected chi connectivity index (χ0v) is 9.93. The van der Waals surface area contributed by atoms with Crippen LogP contribution in [-0.2, 0) is 9.53 Å². The van der Waals surface area contributed by atoms with E-state index in [1.165, 1.54) is 6.08 Å². The van der Waals surface area contributed by atoms with Gasteiger partial charge in [0.1, 0.15) is 17.1 Å². The van der Waals surface area contributed by atoms with Crippen LogP contribution in [0.3, 0.4) is 0 Å². The first-order valence-corrected chi connectivity index (χ1v) is 5.04. The number of carboxylic acids is 1. The number of rotatable bonds is 1. The summed E-state index contributed by atoms with van der Waals surface area (Å²) < 4.78 is 5.05. The lowest BCUT2D eigenvalue weighted by atomic mass is 10.2. The Morgan fingerprint density at radius 1 is 1.35 bits per heavy atom. The third-order valence-electron chi connectivity index (χ3n) is 1.88. The molecular weight excluding hydrogens is 226 g/mol. The highest BCUT2D eigenvalue weighted by molar-refractivity contribution is 5.91. The Hall–Kier alpha value is -1.98. The number of hydrogen-bond acceptors (Lipinski definition) is 4. The van der Waals surface area contributed by atoms with Gasteiger partial charge in [-0.15, -0.1) is 0 Å². The lowest BCUT2D eigenvalue weighted by molar-refractivity contribution is -0.134. The Morgan fingerprint density at radius 3 is 2.41 bits per heavy atom. The highest BCUT2D eigenvalue weighted by Crippen LogP contribution is 2.18. The largest absolute Gasteiger partial charge is 0.510 e. The highest BCUT2D eigenvalue weighted by Gasteiger charge is 2.30. The predicted octanol–water partition coefficient (Wildman–Crippen LogP) is 1.65. The van der Waals surface area contributed by atoms with Gasteiger partial charge in [-0.3, -0.25) is 4.90 Å². The predicted molar refractivity (Wildman–Crippen MR) is 59.4 cm³/mol. The van der Waals surface area contributed by atoms with Gasteiger partial charge in [0.05, 0.1) is 6.54 Å². The van der Waals surface area contributed by atoms with Crippen LogP contribution in [0, 0.1) is 0 Å². The number of aliphatic hydroxyl groups is 1. The molecule has 0 saturated heterocycles. The third-order valence-corrected chi connectivity index (χ3v) is 1.88. The molecule has 0 bridgehead atoms. The number of carbonyl (C=O) groups is 2. The number of aliphatic carboxylic acids is 1. The molecular formula is C11H15NO5. The van der Waals surface area contributed by atoms with Crippen LogP contribution < -0.4 is 0 Å². The van der Waals surface area contributed by atoms with E-state index in [1.807, 2.05) is 0 Å². The van der Waals surface area contributed by atoms with Crippen LogP contribution in [0.2, 0.25) is 0 Å². The number of ether oxygens (including phenoxy) is 1. The minimum Gasteiger partial charge on any atom is -0.510 e. The second kappa shape index (κ2) is 4.48. The van der Waals surface area contributed by atoms with Gasteiger partial charge in [0.15, 0.2) is 0 Å². The van der Waals surface area contributed by atoms with Crippen LogP contribution in [0.4, 0.5) is 4.79 Å². The van der Waals surface area contributed by atoms with Crippen molar-refractivity contribution in [1.82, 2.24) is 4.90 Å². The molecule has 2 N–H and O–H groups in total. The number of aliphatic hydroxyl groups excluding tert-OH is 1. The maximum Gasteiger partial charge on any atom is 0.415 e. The van der Waals surface area contributed by atoms with E-state index in [-0.39, 0.29) is 18.0 Å². The van der Waals surface area contributed by atoms with E-state index in [0.717, 1.165) is 11.0 Å². The number of amides is 1. The molecule has 0 unspecified atom stereocenters. The zero-order valence-electron chi connectivity index (χ0n) is 9.93. The average Bonchev–Trinajstić information content (AvgIpc) is 2.14. The van der Waals surface area contributed by atoms with E-state index in [4.69, 9.17) is 9.84 Å². The molecule has 0 spiro atoms. The summed E-state index contributed by atoms with van der Waals surface area (Å²) in [6, 6.07) is 0. The summed E-state index contributed by atoms with van der Waals surface area (Å²) >= 11 is 0. The SMILES string of the molecule is CC(C)(C)OC(=O)N1CC(O)=CC=C1C(=O)O. The van der Waals surface area contributed by atoms with Crippen LogP contribution in [0.5, 0.6) is 0 Å². The Kier molecular flexibility index (Phi) is 3.45. The minimum absolute atomic E-state index is 0.0964. The van der Waals surface area contributed by atoms with Gasteiger partial charge in [0.25, 0.3) is 0 Å². The van der Waals surface area contributed by atoms with Crippen molar-refractivity contribution < 1.29 is 24.5 Å². The molecule has 1 rings (SSSR count). The number of carbonyl (C=O) groups excluding carboxylic acids is 1. The minimum atomic E-state index is -1.25. The van der Waals surface area contributed by atoms with Crippen molar-refractivity contribution in [3.63, 3.8) is 0 Å². The molecule has 0 fully saturated rings. The first-order valence-electron chi connectivity index (χ1n) is 5.04. The van der Waals surface area contributed by atoms with Crippen molar-refractivity contribution >= 4 is 12.1 Å². The molecule has 0 aliphatic carbocycles. The summed E-state index contributed by atoms with van der Waals surface area (Å²) in [6.07, 6.45) is 1.60. The van der Waals surface area contributed by atoms with Crippen LogP contribution in [-0.4, -0.2) is 39.3 Å². The fourth-order valence-corrected chi connectivity index (χ4v) is 1.23. The summed E-state index contributed by atoms with van der Waals surface area (Å²) in [5, 5.41) is 18.2. The Balaban J connectivity index is 2.90. The lowest BCUT2D eigenvalue weighted by Gasteiger charge is -2.28. The number of hydrogen-bond donors (Lipinski definition) is 2. The van der Waals surface area contributed by atoms with Crippen LogP contribution in [0.1, 0.15) is 20.8 Å². The Morgan fingerprint density at radius 2 is 1.94 bits per heavy atom. The van der Waals surface area contributed by atoms with E-state index in [1.54, 1.807) is 20.8 Å². The van der Waals surface area contributed by atoms with Crippen molar-refractivity contribution in [3.8, 4) is 0 Å². The normalized spacial score (nSPS) is 16.1. The standard InChI is InChI=1S/C11H15NO5/c1-11(2,3)17-10(16)12-6-7(13)4-5-8(12)9(14)15/h4-5,13H,6H2,1-3H3,(H,14,15). The van der Waals surface area contributed by atoms with Crippen LogP contribution >= 0.6 is 0 Å². The molecule has 0 atom stereocenters. The molecule has 1 aliphatic heterocycles. The topological polar surface area (TPSA) is 87.1 Å². The van der Waals surface area contributed by atoms with E-state index < -0.39 is 17.7 Å². The fraction of sp³-hybridized carbons (Fsp3) is 0.455. The monoisotopic (exact) mass is 241 g/mol. The smallest absolute Gasteiger partial charge is 0.415 e. The summed E-state index contributed by atoms with van der Waals surface area (Å²) in [5.74, 6) is -1.35. The van der Waals surface area contributed by atoms with Crippen molar-refractivity contribution in [2.75, 3.05) is 6.54 Å². The van der Waals surface area contributed by atoms with Gasteiger partial charge < -0.3 is 14.9 Å². The van der Waals surface area contributed by atoms with Gasteiger partial charge >= 0.3 is 12.1 Å². The van der Waals surface area contributed by atoms with Gasteiger partial charge in [-0.05, 0) is 32.9 Å². The molecule has 0 aromatic heterocycles. The van der Waals surface area contributed by atoms with E-state index >= 15 is 0 Å². The third kappa shape index (κ3) is 3.51. The Labute approximate surface area is 98.8 Å². The number of allylic oxidation sites excluding steroid dienone is 2. The summed E-state index contributed by atoms with van der Waals surface area (Å²) in [5.41, 5.74) is -0.950. The molecule has 17 heavy (non-hydrogen) atoms. The van der Waals surface area contributed by atoms with Crippen LogP contribution in [0.25, 0.3) is 0 Å². The lowest BCUT2D eigenvalue weighted by Crippen LogP contribution is -2.40. The molecule has 0 radical (unpaired) electrons. The first kappa shape index (κ1) is 13.1. The highest BCUT2D eigenvalue weighted by atomic mass is 16.6. The molecule has 6 nitrogen and oxygen atoms in total. The molecule has 94 valence electrons. The maximum absolute atomic E-state index is 11.7. The summed E-state index contributed by atoms with van der Waals surface area (Å²) in [4.78, 5) is 23.5. The molecule has 1 amide bonds. The summed E-state index contributed by atoms with van der Waals surface area (Å²) in [7, 11) is 0. The van der Waals surface area contributed by atoms with Gasteiger partial charge in [0.2, 0.25) is 0 Å². The molecule has 0 saturated carbocycles. The van der Waals surface area contributed by atoms with Gasteiger partial charge in [-0.1, -0.05) is 0 Å². The van der Waals surface area contributed by atoms with E-state index in [2.05, 4.69) is 0 Å². The summed E-state index contributed by atoms with van der Waals surface area (Å²) in [6.45, 7) is 4.82. The first-order chi connectivity index (χ1) is 7.70. The van der Waals surface area contributed by atoms with Crippen molar-refractivity contribution in [3.05, 3.63) is 23.6 Å². The van der Waals surface area contributed by atoms with Gasteiger partial charge in [-0.2, -0.15) is 0 Å². The van der Waals surface area contributed by atoms with E-state index in [0.29, 0.717) is 0 Å². The molecule has 0 aromatic carbocycles. The second-order valence-electron chi connectivity index (χ2n) is 4.58. The van der Waals surface area contributed by atoms with Crippen LogP contribution in [0.15, 0.2) is 23.6 Å². The second-order valence-corrected chi connectivity index (χ2v) is 4.58. The molecule has 0 aromatic rings. The molecule has 1 aliphatic rings. The van der Waals surface area contributed by atoms with Crippen molar-refractivity contribution in [1.29, 1.82) is 0 Å². The van der Waals surface area contributed by atoms with Gasteiger partial charge in [-0.25, -0.2) is 9.59 Å².